The fourth-order valence-electron chi connectivity index (χ4n) is 14.6. The van der Waals surface area contributed by atoms with Crippen LogP contribution >= 0.6 is 12.4 Å². The van der Waals surface area contributed by atoms with Gasteiger partial charge in [0.1, 0.15) is 105 Å². The number of methoxy groups -OCH3 is 7. The summed E-state index contributed by atoms with van der Waals surface area (Å²) in [6.07, 6.45) is 2.50. The molecule has 6 heterocycles. The average Bonchev–Trinajstić information content (AvgIpc) is 1.58. The molecule has 12 rings (SSSR count). The van der Waals surface area contributed by atoms with Gasteiger partial charge in [-0.1, -0.05) is 18.2 Å². The van der Waals surface area contributed by atoms with Gasteiger partial charge in [-0.15, -0.1) is 32.1 Å². The van der Waals surface area contributed by atoms with Gasteiger partial charge in [-0.3, -0.25) is 29.1 Å². The molecule has 12 atom stereocenters. The average molecular weight is 1810 g/mol. The van der Waals surface area contributed by atoms with Crippen LogP contribution in [0.2, 0.25) is 0 Å². The molecular weight excluding hydrogens is 1690 g/mol. The molecule has 6 fully saturated rings. The molecule has 3 saturated heterocycles. The summed E-state index contributed by atoms with van der Waals surface area (Å²) in [6.45, 7) is 30.4. The number of Topliss-reactive ketones (excluding diaryl/α,β-unsaturated/α-hetero) is 1. The van der Waals surface area contributed by atoms with Crippen molar-refractivity contribution in [3.05, 3.63) is 128 Å². The first kappa shape index (κ1) is 101. The van der Waals surface area contributed by atoms with E-state index in [1.807, 2.05) is 0 Å². The fraction of sp³-hybridized carbons (Fsp3) is 0.500. The number of carboxylic acid groups (broad SMARTS) is 1. The third-order valence-electron chi connectivity index (χ3n) is 21.3. The number of carboxylic acids is 1. The number of hydrogen-bond acceptors (Lipinski definition) is 31. The number of likely N-dealkylation sites (tertiary alicyclic amines) is 3. The zero-order valence-electron chi connectivity index (χ0n) is 75.1. The predicted octanol–water partition coefficient (Wildman–Crippen LogP) is 10.2. The molecule has 5 N–H and O–H groups in total. The van der Waals surface area contributed by atoms with E-state index in [2.05, 4.69) is 45.3 Å². The zero-order chi connectivity index (χ0) is 93.8. The number of benzene rings is 3. The van der Waals surface area contributed by atoms with Crippen molar-refractivity contribution in [2.24, 2.45) is 23.5 Å². The number of fused-ring (bicyclic) bond motifs is 3. The number of hydrogen-bond donors (Lipinski definition) is 4. The molecule has 3 aliphatic heterocycles. The van der Waals surface area contributed by atoms with Crippen molar-refractivity contribution in [2.45, 2.75) is 185 Å². The Bertz CT molecular complexity index is 4990. The smallest absolute Gasteiger partial charge is 0.411 e. The molecular formula is C90H114ClN9O28. The lowest BCUT2D eigenvalue weighted by Gasteiger charge is -2.28. The Morgan fingerprint density at radius 3 is 1.02 bits per heavy atom. The highest BCUT2D eigenvalue weighted by Crippen LogP contribution is 2.48. The Labute approximate surface area is 746 Å². The lowest BCUT2D eigenvalue weighted by Crippen LogP contribution is -2.53. The Morgan fingerprint density at radius 2 is 0.773 bits per heavy atom. The second-order valence-electron chi connectivity index (χ2n) is 33.7. The summed E-state index contributed by atoms with van der Waals surface area (Å²) in [5.74, 6) is -3.18. The van der Waals surface area contributed by atoms with E-state index in [0.717, 1.165) is 11.3 Å². The molecule has 3 aliphatic carbocycles. The van der Waals surface area contributed by atoms with Gasteiger partial charge in [0.2, 0.25) is 11.8 Å². The number of halogens is 1. The van der Waals surface area contributed by atoms with E-state index >= 15 is 0 Å². The van der Waals surface area contributed by atoms with Crippen molar-refractivity contribution in [3.8, 4) is 34.5 Å². The second-order valence-corrected chi connectivity index (χ2v) is 33.7. The number of aliphatic carboxylic acids is 1. The number of nitrogens with two attached hydrogens (primary N) is 1. The van der Waals surface area contributed by atoms with Crippen molar-refractivity contribution in [1.29, 1.82) is 0 Å². The minimum Gasteiger partial charge on any atom is -0.497 e. The number of aromatic nitrogens is 3. The Kier molecular flexibility index (Phi) is 33.0. The highest BCUT2D eigenvalue weighted by atomic mass is 35.5. The normalized spacial score (nSPS) is 22.7. The number of ether oxygens (including phenoxy) is 15. The summed E-state index contributed by atoms with van der Waals surface area (Å²) in [5, 5.41) is 17.0. The molecule has 6 aliphatic rings. The van der Waals surface area contributed by atoms with Gasteiger partial charge in [-0.05, 0) is 132 Å². The minimum atomic E-state index is -1.23. The highest BCUT2D eigenvalue weighted by Gasteiger charge is 2.64. The predicted molar refractivity (Wildman–Crippen MR) is 465 cm³/mol. The van der Waals surface area contributed by atoms with Gasteiger partial charge >= 0.3 is 54.1 Å². The van der Waals surface area contributed by atoms with E-state index in [1.54, 1.807) is 149 Å². The van der Waals surface area contributed by atoms with Crippen LogP contribution in [0.5, 0.6) is 34.5 Å². The number of carbonyl (C=O) groups excluding carboxylic acids is 11. The molecule has 0 spiro atoms. The summed E-state index contributed by atoms with van der Waals surface area (Å²) in [4.78, 5) is 169. The maximum atomic E-state index is 13.7. The van der Waals surface area contributed by atoms with Crippen LogP contribution in [0.3, 0.4) is 0 Å². The lowest BCUT2D eigenvalue weighted by atomic mass is 10.1. The minimum absolute atomic E-state index is 0. The summed E-state index contributed by atoms with van der Waals surface area (Å²) in [7, 11) is 9.78. The van der Waals surface area contributed by atoms with Crippen molar-refractivity contribution in [3.63, 3.8) is 0 Å². The lowest BCUT2D eigenvalue weighted by molar-refractivity contribution is -0.150. The number of carbonyl (C=O) groups is 12. The Balaban J connectivity index is 0.000000224. The van der Waals surface area contributed by atoms with E-state index < -0.39 is 136 Å². The van der Waals surface area contributed by atoms with Crippen LogP contribution in [0, 0.1) is 17.8 Å². The number of pyridine rings is 3. The van der Waals surface area contributed by atoms with Gasteiger partial charge < -0.3 is 92.5 Å². The molecule has 128 heavy (non-hydrogen) atoms. The van der Waals surface area contributed by atoms with Crippen LogP contribution in [0.4, 0.5) is 14.4 Å². The van der Waals surface area contributed by atoms with Crippen LogP contribution in [0.25, 0.3) is 32.7 Å². The van der Waals surface area contributed by atoms with Gasteiger partial charge in [0.25, 0.3) is 0 Å². The van der Waals surface area contributed by atoms with Crippen LogP contribution in [-0.4, -0.2) is 266 Å². The maximum Gasteiger partial charge on any atom is 0.411 e. The molecule has 37 nitrogen and oxygen atoms in total. The third-order valence-corrected chi connectivity index (χ3v) is 21.3. The number of nitrogens with one attached hydrogen (secondary N) is 2. The monoisotopic (exact) mass is 1800 g/mol. The zero-order valence-corrected chi connectivity index (χ0v) is 75.9. The third kappa shape index (κ3) is 24.2. The maximum absolute atomic E-state index is 13.7. The van der Waals surface area contributed by atoms with Crippen molar-refractivity contribution in [1.82, 2.24) is 40.3 Å². The van der Waals surface area contributed by atoms with Gasteiger partial charge in [0.15, 0.2) is 22.9 Å². The second kappa shape index (κ2) is 41.9. The molecule has 5 amide bonds. The van der Waals surface area contributed by atoms with Gasteiger partial charge in [0.05, 0.1) is 97.6 Å². The first-order chi connectivity index (χ1) is 59.9. The van der Waals surface area contributed by atoms with E-state index in [4.69, 9.17) is 76.8 Å². The first-order valence-electron chi connectivity index (χ1n) is 41.0. The Hall–Kier alpha value is -12.6. The number of ketones is 1. The van der Waals surface area contributed by atoms with E-state index in [9.17, 15) is 62.6 Å². The molecule has 0 bridgehead atoms. The summed E-state index contributed by atoms with van der Waals surface area (Å²) in [6, 6.07) is 16.6. The molecule has 6 aromatic rings. The summed E-state index contributed by atoms with van der Waals surface area (Å²) >= 11 is 0. The molecule has 2 unspecified atom stereocenters. The first-order valence-corrected chi connectivity index (χ1v) is 41.0. The quantitative estimate of drug-likeness (QED) is 0.0211. The molecule has 3 aromatic carbocycles. The van der Waals surface area contributed by atoms with Crippen molar-refractivity contribution < 1.29 is 134 Å². The standard InChI is InChI=1S/2C30H37N3O9.C22H26N2O8.C8H13NO2.ClH/c2*1-8-17-15-30(17,27(36)40-9-2)32-25(34)23-13-19(16-33(23)28(37)42-29(3,4)5)41-24-14-22(26(35)39-7)31-21-12-18(38-6)10-11-20(21)24;1-22(2,3)32-21(28)24-11-13(9-17(24)19(25)26)31-18-10-16(20(27)30-5)23-15-8-12(29-4)6-7-14(15)18;1-3-6-4-8(6,9)7(10)5-11-2;/h2*8,10-12,14,17,19,23H,1,9,13,15-16H2,2-7H3,(H,32,34);6-8,10,13,17H,9,11H2,1-5H3,(H,25,26);3,6H,1,4-5,9H2,2H3;1H/t17-,19+,23-,30-;17-,19-,23+,30-;13-,17+;;/m011../s1. The van der Waals surface area contributed by atoms with Crippen LogP contribution in [0.15, 0.2) is 111 Å². The Morgan fingerprint density at radius 1 is 0.469 bits per heavy atom. The molecule has 3 aromatic heterocycles. The number of amides is 5. The van der Waals surface area contributed by atoms with E-state index in [0.29, 0.717) is 80.0 Å². The molecule has 0 radical (unpaired) electrons. The summed E-state index contributed by atoms with van der Waals surface area (Å²) < 4.78 is 80.7. The van der Waals surface area contributed by atoms with Crippen LogP contribution in [0.1, 0.15) is 146 Å². The molecule has 3 saturated carbocycles. The SMILES string of the molecule is C=CC1CC1(N)C(=O)COC.C=C[C@@H]1C[C@]1(NC(=O)[C@@H]1C[C@@H](Oc2cc(C(=O)OC)nc3cc(OC)ccc23)CN1C(=O)OC(C)(C)C)C(=O)OCC.C=C[C@H]1C[C@@]1(NC(=O)[C@@H]1C[C@@H](Oc2cc(C(=O)OC)nc3cc(OC)ccc23)CN1C(=O)OC(C)(C)C)C(=O)OCC.COC(=O)c1cc(O[C@@H]2C[C@@H](C(=O)O)N(C(=O)OC(C)(C)C)C2)c2ccc(OC)cc2n1.Cl. The number of rotatable bonds is 27. The van der Waals surface area contributed by atoms with Crippen LogP contribution in [-0.2, 0) is 71.4 Å². The number of nitrogens with zero attached hydrogens (tertiary/aromatic N) is 6. The number of esters is 5. The van der Waals surface area contributed by atoms with Crippen LogP contribution < -0.4 is 44.8 Å². The fourth-order valence-corrected chi connectivity index (χ4v) is 14.6. The van der Waals surface area contributed by atoms with E-state index in [1.165, 1.54) is 77.8 Å². The topological polar surface area (TPSA) is 462 Å². The van der Waals surface area contributed by atoms with Crippen molar-refractivity contribution in [2.75, 3.05) is 89.2 Å². The largest absolute Gasteiger partial charge is 0.497 e. The van der Waals surface area contributed by atoms with E-state index in [-0.39, 0.29) is 112 Å². The molecule has 694 valence electrons. The van der Waals surface area contributed by atoms with Gasteiger partial charge in [-0.25, -0.2) is 58.1 Å². The van der Waals surface area contributed by atoms with Gasteiger partial charge in [0, 0.05) is 96.7 Å². The van der Waals surface area contributed by atoms with Gasteiger partial charge in [-0.2, -0.15) is 0 Å². The highest BCUT2D eigenvalue weighted by molar-refractivity contribution is 6.00. The van der Waals surface area contributed by atoms with Crippen molar-refractivity contribution >= 4 is 117 Å². The summed E-state index contributed by atoms with van der Waals surface area (Å²) in [5.41, 5.74) is 1.59. The molecule has 38 heteroatoms.